The monoisotopic (exact) mass is 291 g/mol. The van der Waals surface area contributed by atoms with Crippen LogP contribution in [0.25, 0.3) is 0 Å². The SMILES string of the molecule is CC(=O)c1c(F)cccc1N(C)Cc1ccccc1Cl. The molecule has 0 spiro atoms. The second-order valence-electron chi connectivity index (χ2n) is 4.64. The summed E-state index contributed by atoms with van der Waals surface area (Å²) < 4.78 is 13.8. The minimum Gasteiger partial charge on any atom is -0.370 e. The number of hydrogen-bond acceptors (Lipinski definition) is 2. The third-order valence-corrected chi connectivity index (χ3v) is 3.49. The maximum atomic E-state index is 13.8. The van der Waals surface area contributed by atoms with Gasteiger partial charge in [-0.3, -0.25) is 4.79 Å². The van der Waals surface area contributed by atoms with Crippen LogP contribution < -0.4 is 4.90 Å². The van der Waals surface area contributed by atoms with E-state index >= 15 is 0 Å². The van der Waals surface area contributed by atoms with Gasteiger partial charge in [0, 0.05) is 18.6 Å². The quantitative estimate of drug-likeness (QED) is 0.782. The van der Waals surface area contributed by atoms with Crippen molar-refractivity contribution in [2.75, 3.05) is 11.9 Å². The first-order chi connectivity index (χ1) is 9.50. The Hall–Kier alpha value is -1.87. The Morgan fingerprint density at radius 2 is 1.90 bits per heavy atom. The van der Waals surface area contributed by atoms with E-state index < -0.39 is 5.82 Å². The molecule has 0 heterocycles. The van der Waals surface area contributed by atoms with E-state index in [0.717, 1.165) is 5.56 Å². The van der Waals surface area contributed by atoms with Crippen molar-refractivity contribution in [3.63, 3.8) is 0 Å². The lowest BCUT2D eigenvalue weighted by molar-refractivity contribution is 0.101. The molecule has 0 radical (unpaired) electrons. The minimum atomic E-state index is -0.499. The zero-order valence-electron chi connectivity index (χ0n) is 11.4. The molecule has 2 nitrogen and oxygen atoms in total. The molecule has 0 N–H and O–H groups in total. The zero-order valence-corrected chi connectivity index (χ0v) is 12.1. The number of Topliss-reactive ketones (excluding diaryl/α,β-unsaturated/α-hetero) is 1. The highest BCUT2D eigenvalue weighted by molar-refractivity contribution is 6.31. The summed E-state index contributed by atoms with van der Waals surface area (Å²) in [5.41, 5.74) is 1.61. The molecule has 0 aliphatic heterocycles. The lowest BCUT2D eigenvalue weighted by atomic mass is 10.1. The molecule has 0 amide bonds. The Kier molecular flexibility index (Phi) is 4.40. The number of nitrogens with zero attached hydrogens (tertiary/aromatic N) is 1. The Bertz CT molecular complexity index is 642. The summed E-state index contributed by atoms with van der Waals surface area (Å²) in [6.45, 7) is 1.87. The van der Waals surface area contributed by atoms with Gasteiger partial charge in [-0.15, -0.1) is 0 Å². The maximum absolute atomic E-state index is 13.8. The first kappa shape index (κ1) is 14.5. The Morgan fingerprint density at radius 1 is 1.20 bits per heavy atom. The van der Waals surface area contributed by atoms with Crippen molar-refractivity contribution in [1.82, 2.24) is 0 Å². The van der Waals surface area contributed by atoms with E-state index in [1.165, 1.54) is 13.0 Å². The molecule has 0 saturated carbocycles. The van der Waals surface area contributed by atoms with Crippen LogP contribution in [0.4, 0.5) is 10.1 Å². The average Bonchev–Trinajstić information content (AvgIpc) is 2.40. The van der Waals surface area contributed by atoms with Crippen LogP contribution >= 0.6 is 11.6 Å². The summed E-state index contributed by atoms with van der Waals surface area (Å²) in [5, 5.41) is 0.653. The molecule has 104 valence electrons. The molecule has 20 heavy (non-hydrogen) atoms. The number of benzene rings is 2. The van der Waals surface area contributed by atoms with Gasteiger partial charge >= 0.3 is 0 Å². The van der Waals surface area contributed by atoms with Crippen LogP contribution in [0.2, 0.25) is 5.02 Å². The predicted molar refractivity (Wildman–Crippen MR) is 80.0 cm³/mol. The molecular weight excluding hydrogens is 277 g/mol. The summed E-state index contributed by atoms with van der Waals surface area (Å²) >= 11 is 6.12. The van der Waals surface area contributed by atoms with Gasteiger partial charge in [0.15, 0.2) is 5.78 Å². The van der Waals surface area contributed by atoms with Crippen molar-refractivity contribution in [3.8, 4) is 0 Å². The van der Waals surface area contributed by atoms with Crippen LogP contribution in [0.3, 0.4) is 0 Å². The number of carbonyl (C=O) groups is 1. The summed E-state index contributed by atoms with van der Waals surface area (Å²) in [5.74, 6) is -0.787. The Morgan fingerprint density at radius 3 is 2.55 bits per heavy atom. The van der Waals surface area contributed by atoms with E-state index in [0.29, 0.717) is 17.3 Å². The smallest absolute Gasteiger partial charge is 0.164 e. The fraction of sp³-hybridized carbons (Fsp3) is 0.188. The molecular formula is C16H15ClFNO. The fourth-order valence-corrected chi connectivity index (χ4v) is 2.34. The van der Waals surface area contributed by atoms with Crippen LogP contribution in [-0.2, 0) is 6.54 Å². The highest BCUT2D eigenvalue weighted by atomic mass is 35.5. The first-order valence-electron chi connectivity index (χ1n) is 6.24. The van der Waals surface area contributed by atoms with Crippen LogP contribution in [0.5, 0.6) is 0 Å². The van der Waals surface area contributed by atoms with Crippen molar-refractivity contribution in [1.29, 1.82) is 0 Å². The summed E-state index contributed by atoms with van der Waals surface area (Å²) in [6, 6.07) is 12.1. The van der Waals surface area contributed by atoms with Gasteiger partial charge < -0.3 is 4.90 Å². The van der Waals surface area contributed by atoms with Crippen LogP contribution in [0.15, 0.2) is 42.5 Å². The summed E-state index contributed by atoms with van der Waals surface area (Å²) in [4.78, 5) is 13.4. The number of carbonyl (C=O) groups excluding carboxylic acids is 1. The highest BCUT2D eigenvalue weighted by Gasteiger charge is 2.16. The van der Waals surface area contributed by atoms with E-state index in [1.54, 1.807) is 12.1 Å². The Balaban J connectivity index is 2.35. The zero-order chi connectivity index (χ0) is 14.7. The predicted octanol–water partition coefficient (Wildman–Crippen LogP) is 4.32. The molecule has 0 saturated heterocycles. The van der Waals surface area contributed by atoms with E-state index in [2.05, 4.69) is 0 Å². The molecule has 0 bridgehead atoms. The molecule has 4 heteroatoms. The van der Waals surface area contributed by atoms with Gasteiger partial charge in [0.05, 0.1) is 11.3 Å². The number of hydrogen-bond donors (Lipinski definition) is 0. The van der Waals surface area contributed by atoms with Crippen LogP contribution in [-0.4, -0.2) is 12.8 Å². The summed E-state index contributed by atoms with van der Waals surface area (Å²) in [6.07, 6.45) is 0. The molecule has 0 aliphatic carbocycles. The van der Waals surface area contributed by atoms with E-state index in [4.69, 9.17) is 11.6 Å². The van der Waals surface area contributed by atoms with Crippen molar-refractivity contribution in [2.24, 2.45) is 0 Å². The normalized spacial score (nSPS) is 10.4. The van der Waals surface area contributed by atoms with E-state index in [1.807, 2.05) is 36.2 Å². The summed E-state index contributed by atoms with van der Waals surface area (Å²) in [7, 11) is 1.81. The van der Waals surface area contributed by atoms with Crippen molar-refractivity contribution in [3.05, 3.63) is 64.4 Å². The largest absolute Gasteiger partial charge is 0.370 e. The van der Waals surface area contributed by atoms with Gasteiger partial charge in [0.2, 0.25) is 0 Å². The molecule has 0 fully saturated rings. The molecule has 0 unspecified atom stereocenters. The minimum absolute atomic E-state index is 0.113. The van der Waals surface area contributed by atoms with Gasteiger partial charge in [0.25, 0.3) is 0 Å². The first-order valence-corrected chi connectivity index (χ1v) is 6.62. The second-order valence-corrected chi connectivity index (χ2v) is 5.04. The highest BCUT2D eigenvalue weighted by Crippen LogP contribution is 2.26. The van der Waals surface area contributed by atoms with Crippen molar-refractivity contribution in [2.45, 2.75) is 13.5 Å². The third kappa shape index (κ3) is 2.99. The van der Waals surface area contributed by atoms with Crippen LogP contribution in [0.1, 0.15) is 22.8 Å². The van der Waals surface area contributed by atoms with E-state index in [9.17, 15) is 9.18 Å². The lowest BCUT2D eigenvalue weighted by Crippen LogP contribution is -2.20. The molecule has 2 rings (SSSR count). The number of ketones is 1. The number of halogens is 2. The third-order valence-electron chi connectivity index (χ3n) is 3.12. The maximum Gasteiger partial charge on any atom is 0.164 e. The topological polar surface area (TPSA) is 20.3 Å². The molecule has 0 aromatic heterocycles. The standard InChI is InChI=1S/C16H15ClFNO/c1-11(20)16-14(18)8-5-9-15(16)19(2)10-12-6-3-4-7-13(12)17/h3-9H,10H2,1-2H3. The van der Waals surface area contributed by atoms with Gasteiger partial charge in [-0.2, -0.15) is 0 Å². The number of rotatable bonds is 4. The number of anilines is 1. The van der Waals surface area contributed by atoms with Crippen molar-refractivity contribution >= 4 is 23.1 Å². The second kappa shape index (κ2) is 6.06. The fourth-order valence-electron chi connectivity index (χ4n) is 2.15. The van der Waals surface area contributed by atoms with Gasteiger partial charge in [-0.05, 0) is 30.7 Å². The van der Waals surface area contributed by atoms with Gasteiger partial charge in [-0.25, -0.2) is 4.39 Å². The molecule has 2 aromatic carbocycles. The van der Waals surface area contributed by atoms with Crippen molar-refractivity contribution < 1.29 is 9.18 Å². The van der Waals surface area contributed by atoms with E-state index in [-0.39, 0.29) is 11.3 Å². The van der Waals surface area contributed by atoms with Gasteiger partial charge in [-0.1, -0.05) is 35.9 Å². The van der Waals surface area contributed by atoms with Crippen LogP contribution in [0, 0.1) is 5.82 Å². The average molecular weight is 292 g/mol. The molecule has 0 atom stereocenters. The Labute approximate surface area is 122 Å². The molecule has 0 aliphatic rings. The lowest BCUT2D eigenvalue weighted by Gasteiger charge is -2.22. The molecule has 2 aromatic rings. The van der Waals surface area contributed by atoms with Gasteiger partial charge in [0.1, 0.15) is 5.82 Å².